The highest BCUT2D eigenvalue weighted by Gasteiger charge is 2.34. The number of fused-ring (bicyclic) bond motifs is 3. The quantitative estimate of drug-likeness (QED) is 0.0929. The molecule has 3 atom stereocenters. The molecule has 0 spiro atoms. The van der Waals surface area contributed by atoms with E-state index in [0.717, 1.165) is 48.5 Å². The van der Waals surface area contributed by atoms with E-state index < -0.39 is 18.1 Å². The minimum absolute atomic E-state index is 0.173. The van der Waals surface area contributed by atoms with Crippen molar-refractivity contribution >= 4 is 52.0 Å². The molecule has 5 aromatic rings. The van der Waals surface area contributed by atoms with E-state index in [1.54, 1.807) is 7.05 Å². The zero-order chi connectivity index (χ0) is 38.7. The van der Waals surface area contributed by atoms with E-state index in [1.165, 1.54) is 16.7 Å². The maximum Gasteiger partial charge on any atom is 0.245 e. The lowest BCUT2D eigenvalue weighted by Crippen LogP contribution is -2.57. The highest BCUT2D eigenvalue weighted by Crippen LogP contribution is 2.40. The lowest BCUT2D eigenvalue weighted by atomic mass is 10.0. The van der Waals surface area contributed by atoms with Gasteiger partial charge in [-0.05, 0) is 97.3 Å². The van der Waals surface area contributed by atoms with Crippen LogP contribution in [0.25, 0.3) is 22.0 Å². The van der Waals surface area contributed by atoms with Crippen molar-refractivity contribution in [2.45, 2.75) is 79.5 Å². The summed E-state index contributed by atoms with van der Waals surface area (Å²) in [5, 5.41) is 11.3. The van der Waals surface area contributed by atoms with Gasteiger partial charge in [0.15, 0.2) is 0 Å². The summed E-state index contributed by atoms with van der Waals surface area (Å²) in [6.07, 6.45) is 4.95. The smallest absolute Gasteiger partial charge is 0.245 e. The van der Waals surface area contributed by atoms with Crippen LogP contribution < -0.4 is 27.4 Å². The molecule has 6 rings (SSSR count). The lowest BCUT2D eigenvalue weighted by Gasteiger charge is -2.32. The molecule has 0 saturated carbocycles. The van der Waals surface area contributed by atoms with Gasteiger partial charge >= 0.3 is 0 Å². The number of nitrogens with one attached hydrogen (secondary N) is 4. The van der Waals surface area contributed by atoms with Gasteiger partial charge in [0, 0.05) is 53.4 Å². The normalized spacial score (nSPS) is 18.7. The lowest BCUT2D eigenvalue weighted by molar-refractivity contribution is -0.142. The summed E-state index contributed by atoms with van der Waals surface area (Å²) in [5.41, 5.74) is 17.3. The Morgan fingerprint density at radius 3 is 2.31 bits per heavy atom. The first-order valence-corrected chi connectivity index (χ1v) is 20.1. The van der Waals surface area contributed by atoms with Gasteiger partial charge in [0.05, 0.1) is 11.1 Å². The number of benzene rings is 4. The molecule has 2 heterocycles. The van der Waals surface area contributed by atoms with Crippen LogP contribution in [0.5, 0.6) is 0 Å². The molecule has 0 aliphatic carbocycles. The van der Waals surface area contributed by atoms with Gasteiger partial charge in [-0.25, -0.2) is 0 Å². The van der Waals surface area contributed by atoms with E-state index in [1.807, 2.05) is 91.1 Å². The van der Waals surface area contributed by atoms with Crippen LogP contribution in [0, 0.1) is 0 Å². The Bertz CT molecular complexity index is 2090. The fourth-order valence-corrected chi connectivity index (χ4v) is 8.48. The van der Waals surface area contributed by atoms with Crippen LogP contribution >= 0.6 is 23.4 Å². The number of para-hydroxylation sites is 1. The largest absolute Gasteiger partial charge is 0.361 e. The summed E-state index contributed by atoms with van der Waals surface area (Å²) in [6, 6.07) is 27.5. The molecule has 0 unspecified atom stereocenters. The molecule has 0 saturated heterocycles. The molecular weight excluding hydrogens is 730 g/mol. The van der Waals surface area contributed by atoms with Crippen molar-refractivity contribution in [2.24, 2.45) is 11.5 Å². The molecule has 1 aliphatic heterocycles. The average molecular weight is 780 g/mol. The number of hydrogen-bond acceptors (Lipinski definition) is 7. The number of halogens is 1. The number of hydrogen-bond donors (Lipinski definition) is 6. The number of unbranched alkanes of at least 4 members (excludes halogenated alkanes) is 1. The summed E-state index contributed by atoms with van der Waals surface area (Å²) in [7, 11) is 1.65. The molecule has 288 valence electrons. The standard InChI is InChI=1S/C43H50ClN7O3S/c1-51-38(24-31-26-47-35-16-7-6-15-33(31)35)42(53)49-27-32-22-30(28-12-3-2-4-13-28)23-34(44)40(32)55-39-19-8-5-14-29(39)25-48-36(18-11-21-46)41(52)50-37(43(51)54)17-9-10-20-45/h2-8,12-16,19,22-23,26,36-38,47-48H,9-11,17-18,20-21,24-25,27,45-46H2,1H3,(H,49,53)(H,50,52)/t36-,37-,38-/m0/s1. The first kappa shape index (κ1) is 40.0. The van der Waals surface area contributed by atoms with Crippen LogP contribution in [0.4, 0.5) is 0 Å². The molecule has 1 aliphatic rings. The number of aromatic nitrogens is 1. The van der Waals surface area contributed by atoms with Crippen LogP contribution in [-0.2, 0) is 33.9 Å². The number of carbonyl (C=O) groups excluding carboxylic acids is 3. The number of carbonyl (C=O) groups is 3. The van der Waals surface area contributed by atoms with Crippen molar-refractivity contribution in [3.8, 4) is 11.1 Å². The van der Waals surface area contributed by atoms with E-state index in [-0.39, 0.29) is 30.7 Å². The van der Waals surface area contributed by atoms with Crippen molar-refractivity contribution in [2.75, 3.05) is 20.1 Å². The van der Waals surface area contributed by atoms with Gasteiger partial charge in [0.25, 0.3) is 0 Å². The molecule has 1 aromatic heterocycles. The van der Waals surface area contributed by atoms with Crippen molar-refractivity contribution in [3.63, 3.8) is 0 Å². The van der Waals surface area contributed by atoms with Gasteiger partial charge in [-0.15, -0.1) is 0 Å². The van der Waals surface area contributed by atoms with Crippen LogP contribution in [-0.4, -0.2) is 65.9 Å². The number of likely N-dealkylation sites (N-methyl/N-ethyl adjacent to an activating group) is 1. The first-order valence-electron chi connectivity index (χ1n) is 18.9. The topological polar surface area (TPSA) is 158 Å². The van der Waals surface area contributed by atoms with E-state index >= 15 is 0 Å². The second-order valence-electron chi connectivity index (χ2n) is 14.0. The summed E-state index contributed by atoms with van der Waals surface area (Å²) in [5.74, 6) is -0.956. The maximum atomic E-state index is 14.5. The zero-order valence-corrected chi connectivity index (χ0v) is 32.7. The zero-order valence-electron chi connectivity index (χ0n) is 31.2. The van der Waals surface area contributed by atoms with E-state index in [2.05, 4.69) is 27.0 Å². The molecular formula is C43H50ClN7O3S. The Hall–Kier alpha value is -4.65. The highest BCUT2D eigenvalue weighted by atomic mass is 35.5. The third-order valence-electron chi connectivity index (χ3n) is 10.2. The molecule has 8 N–H and O–H groups in total. The molecule has 0 bridgehead atoms. The predicted octanol–water partition coefficient (Wildman–Crippen LogP) is 6.15. The second kappa shape index (κ2) is 19.3. The molecule has 10 nitrogen and oxygen atoms in total. The fraction of sp³-hybridized carbons (Fsp3) is 0.326. The SMILES string of the molecule is CN1C(=O)[C@H](CCCCN)NC(=O)[C@H](CCCN)NCc2ccccc2Sc2c(Cl)cc(-c3ccccc3)cc2CNC(=O)[C@@H]1Cc1c[nH]c2ccccc12. The summed E-state index contributed by atoms with van der Waals surface area (Å²) >= 11 is 8.66. The van der Waals surface area contributed by atoms with Crippen LogP contribution in [0.3, 0.4) is 0 Å². The number of nitrogens with two attached hydrogens (primary N) is 2. The average Bonchev–Trinajstić information content (AvgIpc) is 3.62. The number of aromatic amines is 1. The second-order valence-corrected chi connectivity index (χ2v) is 15.4. The maximum absolute atomic E-state index is 14.5. The summed E-state index contributed by atoms with van der Waals surface area (Å²) in [6.45, 7) is 1.46. The van der Waals surface area contributed by atoms with Crippen molar-refractivity contribution in [1.82, 2.24) is 25.8 Å². The van der Waals surface area contributed by atoms with Crippen molar-refractivity contribution in [1.29, 1.82) is 0 Å². The number of H-pyrrole nitrogens is 1. The molecule has 3 amide bonds. The Morgan fingerprint density at radius 1 is 0.782 bits per heavy atom. The molecule has 0 fully saturated rings. The minimum atomic E-state index is -0.896. The van der Waals surface area contributed by atoms with E-state index in [9.17, 15) is 14.4 Å². The van der Waals surface area contributed by atoms with Gasteiger partial charge in [-0.2, -0.15) is 0 Å². The van der Waals surface area contributed by atoms with Crippen molar-refractivity contribution < 1.29 is 14.4 Å². The predicted molar refractivity (Wildman–Crippen MR) is 222 cm³/mol. The Morgan fingerprint density at radius 2 is 1.51 bits per heavy atom. The van der Waals surface area contributed by atoms with Crippen LogP contribution in [0.2, 0.25) is 5.02 Å². The summed E-state index contributed by atoms with van der Waals surface area (Å²) < 4.78 is 0. The van der Waals surface area contributed by atoms with Gasteiger partial charge in [-0.3, -0.25) is 14.4 Å². The minimum Gasteiger partial charge on any atom is -0.361 e. The highest BCUT2D eigenvalue weighted by molar-refractivity contribution is 7.99. The number of nitrogens with zero attached hydrogens (tertiary/aromatic N) is 1. The molecule has 12 heteroatoms. The molecule has 0 radical (unpaired) electrons. The fourth-order valence-electron chi connectivity index (χ4n) is 7.07. The molecule has 55 heavy (non-hydrogen) atoms. The Balaban J connectivity index is 1.44. The summed E-state index contributed by atoms with van der Waals surface area (Å²) in [4.78, 5) is 49.7. The monoisotopic (exact) mass is 779 g/mol. The molecule has 4 aromatic carbocycles. The Labute approximate surface area is 332 Å². The number of rotatable bonds is 10. The van der Waals surface area contributed by atoms with Gasteiger partial charge < -0.3 is 37.3 Å². The van der Waals surface area contributed by atoms with E-state index in [4.69, 9.17) is 23.1 Å². The Kier molecular flexibility index (Phi) is 14.0. The number of amides is 3. The van der Waals surface area contributed by atoms with Crippen LogP contribution in [0.15, 0.2) is 107 Å². The first-order chi connectivity index (χ1) is 26.8. The third kappa shape index (κ3) is 9.97. The van der Waals surface area contributed by atoms with Gasteiger partial charge in [0.2, 0.25) is 17.7 Å². The van der Waals surface area contributed by atoms with E-state index in [0.29, 0.717) is 56.8 Å². The van der Waals surface area contributed by atoms with Crippen LogP contribution in [0.1, 0.15) is 48.8 Å². The van der Waals surface area contributed by atoms with Gasteiger partial charge in [-0.1, -0.05) is 90.1 Å². The van der Waals surface area contributed by atoms with Crippen molar-refractivity contribution in [3.05, 3.63) is 119 Å². The third-order valence-corrected chi connectivity index (χ3v) is 11.9. The van der Waals surface area contributed by atoms with Gasteiger partial charge in [0.1, 0.15) is 12.1 Å².